The zero-order valence-electron chi connectivity index (χ0n) is 13.9. The van der Waals surface area contributed by atoms with Crippen LogP contribution in [0, 0.1) is 6.92 Å². The molecular weight excluding hydrogens is 322 g/mol. The molecule has 3 nitrogen and oxygen atoms in total. The highest BCUT2D eigenvalue weighted by atomic mass is 35.5. The molecule has 0 unspecified atom stereocenters. The van der Waals surface area contributed by atoms with E-state index in [9.17, 15) is 4.79 Å². The molecule has 1 atom stereocenters. The van der Waals surface area contributed by atoms with Crippen LogP contribution in [0.3, 0.4) is 0 Å². The molecule has 1 fully saturated rings. The number of carbonyl (C=O) groups is 1. The topological polar surface area (TPSA) is 29.5 Å². The maximum Gasteiger partial charge on any atom is 0.253 e. The van der Waals surface area contributed by atoms with E-state index >= 15 is 0 Å². The Balaban J connectivity index is 1.56. The van der Waals surface area contributed by atoms with Crippen molar-refractivity contribution in [2.45, 2.75) is 32.5 Å². The van der Waals surface area contributed by atoms with E-state index in [0.717, 1.165) is 19.4 Å². The van der Waals surface area contributed by atoms with Crippen LogP contribution < -0.4 is 0 Å². The number of aryl methyl sites for hydroxylation is 1. The molecule has 0 spiro atoms. The third kappa shape index (κ3) is 4.37. The van der Waals surface area contributed by atoms with Crippen molar-refractivity contribution in [3.05, 3.63) is 70.2 Å². The van der Waals surface area contributed by atoms with Crippen LogP contribution >= 0.6 is 11.6 Å². The van der Waals surface area contributed by atoms with Gasteiger partial charge in [-0.3, -0.25) is 4.79 Å². The van der Waals surface area contributed by atoms with Gasteiger partial charge in [-0.25, -0.2) is 0 Å². The lowest BCUT2D eigenvalue weighted by Gasteiger charge is -2.32. The Morgan fingerprint density at radius 1 is 1.17 bits per heavy atom. The Morgan fingerprint density at radius 2 is 1.88 bits per heavy atom. The fourth-order valence-corrected chi connectivity index (χ4v) is 3.06. The van der Waals surface area contributed by atoms with E-state index in [1.54, 1.807) is 24.3 Å². The molecule has 126 valence electrons. The fraction of sp³-hybridized carbons (Fsp3) is 0.350. The van der Waals surface area contributed by atoms with E-state index in [1.165, 1.54) is 11.1 Å². The highest BCUT2D eigenvalue weighted by Gasteiger charge is 2.24. The van der Waals surface area contributed by atoms with E-state index in [1.807, 2.05) is 4.90 Å². The van der Waals surface area contributed by atoms with Gasteiger partial charge in [0.25, 0.3) is 5.91 Å². The quantitative estimate of drug-likeness (QED) is 0.819. The molecule has 0 aromatic heterocycles. The van der Waals surface area contributed by atoms with Crippen LogP contribution in [0.1, 0.15) is 34.3 Å². The summed E-state index contributed by atoms with van der Waals surface area (Å²) in [6, 6.07) is 15.4. The summed E-state index contributed by atoms with van der Waals surface area (Å²) in [7, 11) is 0. The molecule has 0 aliphatic carbocycles. The van der Waals surface area contributed by atoms with E-state index in [2.05, 4.69) is 31.2 Å². The first-order valence-corrected chi connectivity index (χ1v) is 8.71. The highest BCUT2D eigenvalue weighted by molar-refractivity contribution is 6.30. The largest absolute Gasteiger partial charge is 0.372 e. The van der Waals surface area contributed by atoms with Crippen molar-refractivity contribution < 1.29 is 9.53 Å². The van der Waals surface area contributed by atoms with Crippen molar-refractivity contribution in [3.63, 3.8) is 0 Å². The first kappa shape index (κ1) is 17.0. The maximum atomic E-state index is 12.6. The first-order valence-electron chi connectivity index (χ1n) is 8.34. The minimum absolute atomic E-state index is 0.0512. The number of rotatable bonds is 4. The lowest BCUT2D eigenvalue weighted by molar-refractivity contribution is -0.00673. The van der Waals surface area contributed by atoms with Gasteiger partial charge >= 0.3 is 0 Å². The number of piperidine rings is 1. The van der Waals surface area contributed by atoms with Gasteiger partial charge in [0, 0.05) is 23.7 Å². The van der Waals surface area contributed by atoms with Crippen LogP contribution in [0.2, 0.25) is 5.02 Å². The zero-order valence-corrected chi connectivity index (χ0v) is 14.6. The van der Waals surface area contributed by atoms with Gasteiger partial charge in [0.1, 0.15) is 0 Å². The Morgan fingerprint density at radius 3 is 2.58 bits per heavy atom. The highest BCUT2D eigenvalue weighted by Crippen LogP contribution is 2.19. The van der Waals surface area contributed by atoms with Gasteiger partial charge in [-0.05, 0) is 49.6 Å². The first-order chi connectivity index (χ1) is 11.6. The summed E-state index contributed by atoms with van der Waals surface area (Å²) in [5.74, 6) is 0.0512. The van der Waals surface area contributed by atoms with Gasteiger partial charge in [0.15, 0.2) is 0 Å². The molecule has 1 aliphatic heterocycles. The molecule has 3 rings (SSSR count). The molecule has 1 aliphatic rings. The average molecular weight is 344 g/mol. The monoisotopic (exact) mass is 343 g/mol. The second-order valence-electron chi connectivity index (χ2n) is 6.32. The molecule has 2 aromatic rings. The van der Waals surface area contributed by atoms with Gasteiger partial charge in [-0.1, -0.05) is 41.4 Å². The Hall–Kier alpha value is -1.84. The molecule has 24 heavy (non-hydrogen) atoms. The number of hydrogen-bond donors (Lipinski definition) is 0. The molecule has 0 saturated carbocycles. The van der Waals surface area contributed by atoms with Crippen LogP contribution in [-0.2, 0) is 11.3 Å². The summed E-state index contributed by atoms with van der Waals surface area (Å²) in [5, 5.41) is 0.643. The van der Waals surface area contributed by atoms with Crippen molar-refractivity contribution in [3.8, 4) is 0 Å². The van der Waals surface area contributed by atoms with E-state index in [-0.39, 0.29) is 12.0 Å². The van der Waals surface area contributed by atoms with Crippen molar-refractivity contribution >= 4 is 17.5 Å². The van der Waals surface area contributed by atoms with Crippen LogP contribution in [-0.4, -0.2) is 30.0 Å². The number of carbonyl (C=O) groups excluding carboxylic acids is 1. The van der Waals surface area contributed by atoms with Gasteiger partial charge < -0.3 is 9.64 Å². The smallest absolute Gasteiger partial charge is 0.253 e. The standard InChI is InChI=1S/C20H22ClNO2/c1-15-4-6-16(7-5-15)14-24-19-3-2-12-22(13-19)20(23)17-8-10-18(21)11-9-17/h4-11,19H,2-3,12-14H2,1H3/t19-/m0/s1. The maximum absolute atomic E-state index is 12.6. The number of halogens is 1. The van der Waals surface area contributed by atoms with Crippen molar-refractivity contribution in [2.75, 3.05) is 13.1 Å². The van der Waals surface area contributed by atoms with Crippen molar-refractivity contribution in [1.29, 1.82) is 0 Å². The minimum Gasteiger partial charge on any atom is -0.372 e. The van der Waals surface area contributed by atoms with E-state index < -0.39 is 0 Å². The summed E-state index contributed by atoms with van der Waals surface area (Å²) < 4.78 is 6.03. The molecule has 4 heteroatoms. The lowest BCUT2D eigenvalue weighted by atomic mass is 10.1. The van der Waals surface area contributed by atoms with Crippen LogP contribution in [0.4, 0.5) is 0 Å². The summed E-state index contributed by atoms with van der Waals surface area (Å²) in [5.41, 5.74) is 3.09. The normalized spacial score (nSPS) is 17.8. The molecule has 1 amide bonds. The van der Waals surface area contributed by atoms with Gasteiger partial charge in [-0.2, -0.15) is 0 Å². The third-order valence-corrected chi connectivity index (χ3v) is 4.61. The molecule has 0 bridgehead atoms. The molecule has 1 heterocycles. The second-order valence-corrected chi connectivity index (χ2v) is 6.76. The summed E-state index contributed by atoms with van der Waals surface area (Å²) >= 11 is 5.89. The van der Waals surface area contributed by atoms with Gasteiger partial charge in [-0.15, -0.1) is 0 Å². The van der Waals surface area contributed by atoms with Crippen molar-refractivity contribution in [1.82, 2.24) is 4.90 Å². The Kier molecular flexibility index (Phi) is 5.54. The SMILES string of the molecule is Cc1ccc(CO[C@H]2CCCN(C(=O)c3ccc(Cl)cc3)C2)cc1. The second kappa shape index (κ2) is 7.82. The van der Waals surface area contributed by atoms with E-state index in [0.29, 0.717) is 23.7 Å². The Labute approximate surface area is 148 Å². The van der Waals surface area contributed by atoms with Crippen LogP contribution in [0.5, 0.6) is 0 Å². The number of benzene rings is 2. The molecule has 0 N–H and O–H groups in total. The minimum atomic E-state index is 0.0512. The summed E-state index contributed by atoms with van der Waals surface area (Å²) in [4.78, 5) is 14.5. The lowest BCUT2D eigenvalue weighted by Crippen LogP contribution is -2.43. The molecule has 0 radical (unpaired) electrons. The van der Waals surface area contributed by atoms with Gasteiger partial charge in [0.05, 0.1) is 12.7 Å². The Bertz CT molecular complexity index is 682. The predicted molar refractivity (Wildman–Crippen MR) is 96.3 cm³/mol. The fourth-order valence-electron chi connectivity index (χ4n) is 2.93. The number of amides is 1. The number of likely N-dealkylation sites (tertiary alicyclic amines) is 1. The summed E-state index contributed by atoms with van der Waals surface area (Å²) in [6.07, 6.45) is 2.06. The average Bonchev–Trinajstić information content (AvgIpc) is 2.61. The summed E-state index contributed by atoms with van der Waals surface area (Å²) in [6.45, 7) is 4.10. The van der Waals surface area contributed by atoms with E-state index in [4.69, 9.17) is 16.3 Å². The molecule has 2 aromatic carbocycles. The number of nitrogens with zero attached hydrogens (tertiary/aromatic N) is 1. The molecule has 1 saturated heterocycles. The predicted octanol–water partition coefficient (Wildman–Crippen LogP) is 4.47. The molecular formula is C20H22ClNO2. The van der Waals surface area contributed by atoms with Crippen LogP contribution in [0.25, 0.3) is 0 Å². The number of hydrogen-bond acceptors (Lipinski definition) is 2. The third-order valence-electron chi connectivity index (χ3n) is 4.36. The van der Waals surface area contributed by atoms with Crippen LogP contribution in [0.15, 0.2) is 48.5 Å². The van der Waals surface area contributed by atoms with Gasteiger partial charge in [0.2, 0.25) is 0 Å². The zero-order chi connectivity index (χ0) is 16.9. The van der Waals surface area contributed by atoms with Crippen molar-refractivity contribution in [2.24, 2.45) is 0 Å². The number of ether oxygens (including phenoxy) is 1.